The smallest absolute Gasteiger partial charge is 0.314 e. The second-order valence-corrected chi connectivity index (χ2v) is 8.04. The Bertz CT molecular complexity index is 798. The van der Waals surface area contributed by atoms with Gasteiger partial charge >= 0.3 is 5.97 Å². The van der Waals surface area contributed by atoms with Crippen LogP contribution in [0.1, 0.15) is 38.5 Å². The molecule has 0 atom stereocenters. The number of carbonyl (C=O) groups excluding carboxylic acids is 1. The third kappa shape index (κ3) is 2.93. The van der Waals surface area contributed by atoms with Gasteiger partial charge in [-0.2, -0.15) is 0 Å². The lowest BCUT2D eigenvalue weighted by Crippen LogP contribution is -2.49. The summed E-state index contributed by atoms with van der Waals surface area (Å²) in [6.07, 6.45) is 1.74. The summed E-state index contributed by atoms with van der Waals surface area (Å²) in [4.78, 5) is 28.7. The highest BCUT2D eigenvalue weighted by molar-refractivity contribution is 7.14. The molecule has 1 amide bonds. The zero-order chi connectivity index (χ0) is 18.1. The Morgan fingerprint density at radius 3 is 2.54 bits per heavy atom. The first-order chi connectivity index (χ1) is 12.6. The van der Waals surface area contributed by atoms with Gasteiger partial charge in [0.15, 0.2) is 0 Å². The predicted octanol–water partition coefficient (Wildman–Crippen LogP) is 3.08. The lowest BCUT2D eigenvalue weighted by atomic mass is 9.73. The Kier molecular flexibility index (Phi) is 4.54. The van der Waals surface area contributed by atoms with Crippen LogP contribution in [0.25, 0.3) is 0 Å². The van der Waals surface area contributed by atoms with Gasteiger partial charge in [0.25, 0.3) is 5.91 Å². The molecule has 1 aromatic heterocycles. The van der Waals surface area contributed by atoms with Crippen molar-refractivity contribution in [3.05, 3.63) is 57.3 Å². The molecule has 136 valence electrons. The average Bonchev–Trinajstić information content (AvgIpc) is 3.12. The number of likely N-dealkylation sites (tertiary alicyclic amines) is 1. The number of benzene rings is 1. The van der Waals surface area contributed by atoms with Gasteiger partial charge < -0.3 is 14.7 Å². The Labute approximate surface area is 156 Å². The van der Waals surface area contributed by atoms with E-state index in [0.29, 0.717) is 39.1 Å². The first-order valence-corrected chi connectivity index (χ1v) is 9.69. The van der Waals surface area contributed by atoms with E-state index in [1.54, 1.807) is 16.2 Å². The van der Waals surface area contributed by atoms with E-state index in [-0.39, 0.29) is 5.91 Å². The fourth-order valence-electron chi connectivity index (χ4n) is 3.88. The molecular weight excluding hydrogens is 350 g/mol. The van der Waals surface area contributed by atoms with Crippen LogP contribution >= 0.6 is 11.3 Å². The monoisotopic (exact) mass is 371 g/mol. The van der Waals surface area contributed by atoms with Crippen molar-refractivity contribution in [3.8, 4) is 0 Å². The van der Waals surface area contributed by atoms with E-state index in [2.05, 4.69) is 0 Å². The van der Waals surface area contributed by atoms with Crippen molar-refractivity contribution in [1.29, 1.82) is 0 Å². The molecule has 2 aromatic rings. The number of ether oxygens (including phenoxy) is 1. The first-order valence-electron chi connectivity index (χ1n) is 8.88. The molecule has 0 spiro atoms. The number of piperidine rings is 1. The van der Waals surface area contributed by atoms with Crippen LogP contribution in [0.15, 0.2) is 36.4 Å². The maximum Gasteiger partial charge on any atom is 0.314 e. The highest BCUT2D eigenvalue weighted by Gasteiger charge is 2.44. The van der Waals surface area contributed by atoms with E-state index in [1.165, 1.54) is 4.88 Å². The number of carboxylic acids is 1. The fraction of sp³-hybridized carbons (Fsp3) is 0.400. The quantitative estimate of drug-likeness (QED) is 0.900. The van der Waals surface area contributed by atoms with Crippen LogP contribution < -0.4 is 0 Å². The molecule has 5 nitrogen and oxygen atoms in total. The second-order valence-electron chi connectivity index (χ2n) is 6.91. The van der Waals surface area contributed by atoms with Crippen molar-refractivity contribution in [2.75, 3.05) is 19.7 Å². The Morgan fingerprint density at radius 2 is 1.88 bits per heavy atom. The minimum Gasteiger partial charge on any atom is -0.481 e. The lowest BCUT2D eigenvalue weighted by molar-refractivity contribution is -0.145. The Hall–Kier alpha value is -2.18. The zero-order valence-corrected chi connectivity index (χ0v) is 15.3. The molecule has 4 rings (SSSR count). The van der Waals surface area contributed by atoms with Crippen LogP contribution in [0, 0.1) is 0 Å². The van der Waals surface area contributed by atoms with Crippen molar-refractivity contribution in [2.45, 2.75) is 31.3 Å². The average molecular weight is 371 g/mol. The highest BCUT2D eigenvalue weighted by atomic mass is 32.1. The molecule has 1 aromatic carbocycles. The summed E-state index contributed by atoms with van der Waals surface area (Å²) in [6.45, 7) is 2.20. The van der Waals surface area contributed by atoms with Crippen molar-refractivity contribution in [2.24, 2.45) is 0 Å². The summed E-state index contributed by atoms with van der Waals surface area (Å²) in [5, 5.41) is 9.88. The number of fused-ring (bicyclic) bond motifs is 1. The number of amides is 1. The van der Waals surface area contributed by atoms with Gasteiger partial charge in [-0.15, -0.1) is 11.3 Å². The van der Waals surface area contributed by atoms with Crippen LogP contribution in [-0.2, 0) is 28.0 Å². The minimum atomic E-state index is -0.902. The number of aliphatic carboxylic acids is 1. The SMILES string of the molecule is O=C(c1cc2c(s1)CCOC2)N1CCC(C(=O)O)(c2ccccc2)CC1. The summed E-state index contributed by atoms with van der Waals surface area (Å²) in [6, 6.07) is 11.3. The third-order valence-electron chi connectivity index (χ3n) is 5.48. The minimum absolute atomic E-state index is 0.0106. The summed E-state index contributed by atoms with van der Waals surface area (Å²) in [5.41, 5.74) is 1.04. The van der Waals surface area contributed by atoms with Gasteiger partial charge in [0, 0.05) is 24.4 Å². The number of hydrogen-bond acceptors (Lipinski definition) is 4. The molecule has 6 heteroatoms. The Balaban J connectivity index is 1.51. The van der Waals surface area contributed by atoms with Crippen LogP contribution in [0.5, 0.6) is 0 Å². The van der Waals surface area contributed by atoms with Crippen LogP contribution in [0.3, 0.4) is 0 Å². The lowest BCUT2D eigenvalue weighted by Gasteiger charge is -2.39. The molecule has 0 saturated carbocycles. The van der Waals surface area contributed by atoms with E-state index in [1.807, 2.05) is 36.4 Å². The first kappa shape index (κ1) is 17.2. The molecule has 0 aliphatic carbocycles. The molecular formula is C20H21NO4S. The van der Waals surface area contributed by atoms with Gasteiger partial charge in [-0.3, -0.25) is 9.59 Å². The van der Waals surface area contributed by atoms with Crippen molar-refractivity contribution < 1.29 is 19.4 Å². The van der Waals surface area contributed by atoms with Gasteiger partial charge in [-0.1, -0.05) is 30.3 Å². The van der Waals surface area contributed by atoms with E-state index >= 15 is 0 Å². The molecule has 0 radical (unpaired) electrons. The molecule has 1 saturated heterocycles. The number of carbonyl (C=O) groups is 2. The molecule has 3 heterocycles. The summed E-state index contributed by atoms with van der Waals surface area (Å²) in [5.74, 6) is -0.795. The second kappa shape index (κ2) is 6.85. The van der Waals surface area contributed by atoms with E-state index in [4.69, 9.17) is 4.74 Å². The topological polar surface area (TPSA) is 66.8 Å². The maximum absolute atomic E-state index is 12.9. The van der Waals surface area contributed by atoms with Gasteiger partial charge in [0.2, 0.25) is 0 Å². The van der Waals surface area contributed by atoms with Crippen LogP contribution in [0.4, 0.5) is 0 Å². The Morgan fingerprint density at radius 1 is 1.15 bits per heavy atom. The van der Waals surface area contributed by atoms with Gasteiger partial charge in [0.05, 0.1) is 23.5 Å². The molecule has 1 N–H and O–H groups in total. The number of hydrogen-bond donors (Lipinski definition) is 1. The molecule has 1 fully saturated rings. The number of nitrogens with zero attached hydrogens (tertiary/aromatic N) is 1. The summed E-state index contributed by atoms with van der Waals surface area (Å²) < 4.78 is 5.45. The van der Waals surface area contributed by atoms with Crippen LogP contribution in [0.2, 0.25) is 0 Å². The number of carboxylic acid groups (broad SMARTS) is 1. The maximum atomic E-state index is 12.9. The highest BCUT2D eigenvalue weighted by Crippen LogP contribution is 2.37. The molecule has 2 aliphatic rings. The third-order valence-corrected chi connectivity index (χ3v) is 6.70. The summed E-state index contributed by atoms with van der Waals surface area (Å²) >= 11 is 1.55. The van der Waals surface area contributed by atoms with Gasteiger partial charge in [0.1, 0.15) is 0 Å². The van der Waals surface area contributed by atoms with Crippen molar-refractivity contribution in [1.82, 2.24) is 4.90 Å². The number of rotatable bonds is 3. The van der Waals surface area contributed by atoms with Crippen molar-refractivity contribution >= 4 is 23.2 Å². The van der Waals surface area contributed by atoms with E-state index < -0.39 is 11.4 Å². The summed E-state index contributed by atoms with van der Waals surface area (Å²) in [7, 11) is 0. The number of thiophene rings is 1. The fourth-order valence-corrected chi connectivity index (χ4v) is 5.00. The van der Waals surface area contributed by atoms with E-state index in [9.17, 15) is 14.7 Å². The normalized spacial score (nSPS) is 19.0. The van der Waals surface area contributed by atoms with E-state index in [0.717, 1.165) is 22.4 Å². The van der Waals surface area contributed by atoms with Gasteiger partial charge in [-0.05, 0) is 30.0 Å². The van der Waals surface area contributed by atoms with Gasteiger partial charge in [-0.25, -0.2) is 0 Å². The molecule has 2 aliphatic heterocycles. The largest absolute Gasteiger partial charge is 0.481 e. The molecule has 0 unspecified atom stereocenters. The molecule has 0 bridgehead atoms. The predicted molar refractivity (Wildman–Crippen MR) is 98.6 cm³/mol. The molecule has 26 heavy (non-hydrogen) atoms. The van der Waals surface area contributed by atoms with Crippen molar-refractivity contribution in [3.63, 3.8) is 0 Å². The zero-order valence-electron chi connectivity index (χ0n) is 14.4. The van der Waals surface area contributed by atoms with Crippen LogP contribution in [-0.4, -0.2) is 41.6 Å². The standard InChI is InChI=1S/C20H21NO4S/c22-18(17-12-14-13-25-11-6-16(14)26-17)21-9-7-20(8-10-21,19(23)24)15-4-2-1-3-5-15/h1-5,12H,6-11,13H2,(H,23,24).